The largest absolute Gasteiger partial charge is 0.351 e. The molecule has 0 saturated heterocycles. The number of amides is 1. The minimum Gasteiger partial charge on any atom is -0.351 e. The van der Waals surface area contributed by atoms with Gasteiger partial charge < -0.3 is 5.32 Å². The van der Waals surface area contributed by atoms with Crippen LogP contribution in [0.4, 0.5) is 5.00 Å². The average molecular weight is 277 g/mol. The first-order valence-corrected chi connectivity index (χ1v) is 6.42. The summed E-state index contributed by atoms with van der Waals surface area (Å²) in [5.74, 6) is -0.273. The number of nitrogens with one attached hydrogen (secondary N) is 1. The number of rotatable bonds is 6. The maximum absolute atomic E-state index is 11.6. The smallest absolute Gasteiger partial charge is 0.324 e. The van der Waals surface area contributed by atoms with Gasteiger partial charge in [-0.05, 0) is 25.8 Å². The van der Waals surface area contributed by atoms with Gasteiger partial charge >= 0.3 is 5.00 Å². The Balaban J connectivity index is 2.39. The van der Waals surface area contributed by atoms with E-state index in [4.69, 9.17) is 11.6 Å². The van der Waals surface area contributed by atoms with Crippen molar-refractivity contribution in [2.24, 2.45) is 0 Å². The summed E-state index contributed by atoms with van der Waals surface area (Å²) < 4.78 is 0. The molecule has 0 aliphatic heterocycles. The van der Waals surface area contributed by atoms with Crippen LogP contribution in [0.15, 0.2) is 12.1 Å². The van der Waals surface area contributed by atoms with E-state index in [0.717, 1.165) is 24.2 Å². The Labute approximate surface area is 108 Å². The summed E-state index contributed by atoms with van der Waals surface area (Å²) in [5.41, 5.74) is 0. The number of alkyl halides is 1. The second-order valence-corrected chi connectivity index (χ2v) is 5.38. The second-order valence-electron chi connectivity index (χ2n) is 3.57. The average Bonchev–Trinajstić information content (AvgIpc) is 2.73. The van der Waals surface area contributed by atoms with Gasteiger partial charge in [-0.1, -0.05) is 11.3 Å². The highest BCUT2D eigenvalue weighted by Crippen LogP contribution is 2.23. The fourth-order valence-corrected chi connectivity index (χ4v) is 2.11. The molecule has 0 aromatic carbocycles. The number of halogens is 1. The van der Waals surface area contributed by atoms with Gasteiger partial charge in [0.25, 0.3) is 5.91 Å². The summed E-state index contributed by atoms with van der Waals surface area (Å²) in [6.45, 7) is 2.42. The molecule has 0 aliphatic carbocycles. The lowest BCUT2D eigenvalue weighted by atomic mass is 10.2. The minimum absolute atomic E-state index is 0.0236. The van der Waals surface area contributed by atoms with E-state index in [1.54, 1.807) is 0 Å². The molecule has 17 heavy (non-hydrogen) atoms. The standard InChI is InChI=1S/C10H13ClN2O3S/c1-7(11)3-2-6-12-10(14)8-4-5-9(17-8)13(15)16/h4-5,7H,2-3,6H2,1H3,(H,12,14). The van der Waals surface area contributed by atoms with E-state index in [9.17, 15) is 14.9 Å². The van der Waals surface area contributed by atoms with Crippen molar-refractivity contribution in [1.29, 1.82) is 0 Å². The molecule has 1 heterocycles. The van der Waals surface area contributed by atoms with Crippen molar-refractivity contribution in [2.75, 3.05) is 6.54 Å². The number of carbonyl (C=O) groups excluding carboxylic acids is 1. The van der Waals surface area contributed by atoms with Crippen LogP contribution >= 0.6 is 22.9 Å². The first-order chi connectivity index (χ1) is 8.00. The Hall–Kier alpha value is -1.14. The molecule has 0 bridgehead atoms. The minimum atomic E-state index is -0.503. The Bertz CT molecular complexity index is 406. The van der Waals surface area contributed by atoms with Crippen molar-refractivity contribution in [3.63, 3.8) is 0 Å². The van der Waals surface area contributed by atoms with Crippen LogP contribution in [0.25, 0.3) is 0 Å². The third-order valence-corrected chi connectivity index (χ3v) is 3.31. The molecule has 0 radical (unpaired) electrons. The third kappa shape index (κ3) is 4.70. The van der Waals surface area contributed by atoms with Crippen LogP contribution in [-0.2, 0) is 0 Å². The molecular formula is C10H13ClN2O3S. The summed E-state index contributed by atoms with van der Waals surface area (Å²) >= 11 is 6.64. The monoisotopic (exact) mass is 276 g/mol. The van der Waals surface area contributed by atoms with Crippen molar-refractivity contribution in [3.8, 4) is 0 Å². The number of thiophene rings is 1. The van der Waals surface area contributed by atoms with E-state index in [1.807, 2.05) is 6.92 Å². The fourth-order valence-electron chi connectivity index (χ4n) is 1.22. The van der Waals surface area contributed by atoms with Gasteiger partial charge in [0.05, 0.1) is 9.80 Å². The van der Waals surface area contributed by atoms with E-state index < -0.39 is 4.92 Å². The zero-order valence-corrected chi connectivity index (χ0v) is 10.9. The van der Waals surface area contributed by atoms with Crippen LogP contribution in [0.5, 0.6) is 0 Å². The molecule has 1 amide bonds. The lowest BCUT2D eigenvalue weighted by molar-refractivity contribution is -0.380. The molecule has 0 fully saturated rings. The topological polar surface area (TPSA) is 72.2 Å². The molecule has 7 heteroatoms. The van der Waals surface area contributed by atoms with Crippen LogP contribution in [0.3, 0.4) is 0 Å². The molecule has 1 aromatic heterocycles. The molecule has 0 aliphatic rings. The van der Waals surface area contributed by atoms with Gasteiger partial charge in [0.1, 0.15) is 0 Å². The van der Waals surface area contributed by atoms with Crippen molar-refractivity contribution in [1.82, 2.24) is 5.32 Å². The predicted octanol–water partition coefficient (Wildman–Crippen LogP) is 2.79. The molecule has 1 N–H and O–H groups in total. The second kappa shape index (κ2) is 6.56. The SMILES string of the molecule is CC(Cl)CCCNC(=O)c1ccc([N+](=O)[O-])s1. The van der Waals surface area contributed by atoms with E-state index in [2.05, 4.69) is 5.32 Å². The van der Waals surface area contributed by atoms with Gasteiger partial charge in [-0.2, -0.15) is 0 Å². The zero-order valence-electron chi connectivity index (χ0n) is 9.31. The number of nitro groups is 1. The number of hydrogen-bond acceptors (Lipinski definition) is 4. The molecular weight excluding hydrogens is 264 g/mol. The van der Waals surface area contributed by atoms with E-state index in [0.29, 0.717) is 11.4 Å². The number of nitrogens with zero attached hydrogens (tertiary/aromatic N) is 1. The van der Waals surface area contributed by atoms with Crippen molar-refractivity contribution < 1.29 is 9.72 Å². The molecule has 5 nitrogen and oxygen atoms in total. The molecule has 1 aromatic rings. The van der Waals surface area contributed by atoms with Gasteiger partial charge in [-0.15, -0.1) is 11.6 Å². The van der Waals surface area contributed by atoms with Crippen LogP contribution in [-0.4, -0.2) is 22.8 Å². The van der Waals surface area contributed by atoms with Gasteiger partial charge in [-0.25, -0.2) is 0 Å². The maximum Gasteiger partial charge on any atom is 0.324 e. The number of carbonyl (C=O) groups is 1. The molecule has 1 unspecified atom stereocenters. The molecule has 94 valence electrons. The third-order valence-electron chi connectivity index (χ3n) is 2.06. The van der Waals surface area contributed by atoms with E-state index in [-0.39, 0.29) is 16.3 Å². The first kappa shape index (κ1) is 13.9. The summed E-state index contributed by atoms with van der Waals surface area (Å²) in [4.78, 5) is 21.9. The molecule has 1 atom stereocenters. The van der Waals surface area contributed by atoms with Crippen LogP contribution in [0.2, 0.25) is 0 Å². The zero-order chi connectivity index (χ0) is 12.8. The highest BCUT2D eigenvalue weighted by atomic mass is 35.5. The van der Waals surface area contributed by atoms with E-state index in [1.165, 1.54) is 12.1 Å². The Kier molecular flexibility index (Phi) is 5.37. The summed E-state index contributed by atoms with van der Waals surface area (Å²) in [6, 6.07) is 2.79. The van der Waals surface area contributed by atoms with Gasteiger partial charge in [-0.3, -0.25) is 14.9 Å². The highest BCUT2D eigenvalue weighted by molar-refractivity contribution is 7.17. The van der Waals surface area contributed by atoms with Crippen molar-refractivity contribution >= 4 is 33.8 Å². The van der Waals surface area contributed by atoms with Crippen molar-refractivity contribution in [3.05, 3.63) is 27.1 Å². The van der Waals surface area contributed by atoms with Gasteiger partial charge in [0.2, 0.25) is 0 Å². The normalized spacial score (nSPS) is 12.1. The van der Waals surface area contributed by atoms with Crippen LogP contribution in [0.1, 0.15) is 29.4 Å². The quantitative estimate of drug-likeness (QED) is 0.376. The highest BCUT2D eigenvalue weighted by Gasteiger charge is 2.14. The molecule has 1 rings (SSSR count). The van der Waals surface area contributed by atoms with Gasteiger partial charge in [0.15, 0.2) is 0 Å². The summed E-state index contributed by atoms with van der Waals surface area (Å²) in [5, 5.41) is 13.2. The maximum atomic E-state index is 11.6. The Morgan fingerprint density at radius 2 is 2.35 bits per heavy atom. The lowest BCUT2D eigenvalue weighted by Crippen LogP contribution is -2.23. The fraction of sp³-hybridized carbons (Fsp3) is 0.500. The molecule has 0 spiro atoms. The van der Waals surface area contributed by atoms with Crippen molar-refractivity contribution in [2.45, 2.75) is 25.1 Å². The van der Waals surface area contributed by atoms with Crippen LogP contribution in [0, 0.1) is 10.1 Å². The molecule has 0 saturated carbocycles. The first-order valence-electron chi connectivity index (χ1n) is 5.17. The predicted molar refractivity (Wildman–Crippen MR) is 67.9 cm³/mol. The lowest BCUT2D eigenvalue weighted by Gasteiger charge is -2.04. The Morgan fingerprint density at radius 3 is 2.88 bits per heavy atom. The van der Waals surface area contributed by atoms with E-state index >= 15 is 0 Å². The Morgan fingerprint density at radius 1 is 1.65 bits per heavy atom. The van der Waals surface area contributed by atoms with Gasteiger partial charge in [0, 0.05) is 18.0 Å². The van der Waals surface area contributed by atoms with Crippen LogP contribution < -0.4 is 5.32 Å². The summed E-state index contributed by atoms with van der Waals surface area (Å²) in [7, 11) is 0. The number of hydrogen-bond donors (Lipinski definition) is 1. The summed E-state index contributed by atoms with van der Waals surface area (Å²) in [6.07, 6.45) is 1.62.